The molecule has 5 rings (SSSR count). The first-order valence-electron chi connectivity index (χ1n) is 9.01. The molecular weight excluding hydrogens is 344 g/mol. The van der Waals surface area contributed by atoms with Crippen LogP contribution in [0, 0.1) is 0 Å². The van der Waals surface area contributed by atoms with Crippen LogP contribution in [0.5, 0.6) is 5.75 Å². The molecule has 0 saturated carbocycles. The van der Waals surface area contributed by atoms with Crippen molar-refractivity contribution in [3.05, 3.63) is 53.6 Å². The molecule has 1 saturated heterocycles. The summed E-state index contributed by atoms with van der Waals surface area (Å²) in [7, 11) is 1.58. The second kappa shape index (κ2) is 5.90. The van der Waals surface area contributed by atoms with Gasteiger partial charge >= 0.3 is 0 Å². The van der Waals surface area contributed by atoms with Crippen LogP contribution < -0.4 is 14.6 Å². The van der Waals surface area contributed by atoms with E-state index in [4.69, 9.17) is 4.74 Å². The Hall–Kier alpha value is -3.22. The number of hydrogen-bond acceptors (Lipinski definition) is 6. The number of anilines is 2. The average molecular weight is 362 g/mol. The van der Waals surface area contributed by atoms with E-state index in [0.717, 1.165) is 19.3 Å². The molecule has 27 heavy (non-hydrogen) atoms. The molecule has 3 aliphatic rings. The molecule has 0 N–H and O–H groups in total. The van der Waals surface area contributed by atoms with Gasteiger partial charge in [0.05, 0.1) is 18.5 Å². The molecule has 2 aromatic carbocycles. The number of carbonyl (C=O) groups is 2. The van der Waals surface area contributed by atoms with E-state index in [1.165, 1.54) is 21.0 Å². The monoisotopic (exact) mass is 362 g/mol. The lowest BCUT2D eigenvalue weighted by Gasteiger charge is -2.21. The van der Waals surface area contributed by atoms with Gasteiger partial charge in [-0.25, -0.2) is 9.91 Å². The number of ether oxygens (including phenoxy) is 1. The lowest BCUT2D eigenvalue weighted by Crippen LogP contribution is -2.39. The summed E-state index contributed by atoms with van der Waals surface area (Å²) in [5.41, 5.74) is 3.82. The first-order chi connectivity index (χ1) is 13.2. The van der Waals surface area contributed by atoms with Gasteiger partial charge in [-0.15, -0.1) is 0 Å². The third-order valence-corrected chi connectivity index (χ3v) is 5.44. The minimum Gasteiger partial charge on any atom is -0.497 e. The van der Waals surface area contributed by atoms with E-state index in [-0.39, 0.29) is 11.8 Å². The topological polar surface area (TPSA) is 74.6 Å². The summed E-state index contributed by atoms with van der Waals surface area (Å²) in [6.45, 7) is 0. The molecule has 2 heterocycles. The van der Waals surface area contributed by atoms with Crippen LogP contribution >= 0.6 is 0 Å². The molecule has 2 amide bonds. The second-order valence-corrected chi connectivity index (χ2v) is 6.96. The molecule has 1 fully saturated rings. The van der Waals surface area contributed by atoms with Crippen molar-refractivity contribution in [2.45, 2.75) is 31.3 Å². The lowest BCUT2D eigenvalue weighted by molar-refractivity contribution is -0.121. The van der Waals surface area contributed by atoms with Crippen LogP contribution in [0.2, 0.25) is 0 Å². The fraction of sp³-hybridized carbons (Fsp3) is 0.300. The second-order valence-electron chi connectivity index (χ2n) is 6.96. The zero-order chi connectivity index (χ0) is 18.5. The van der Waals surface area contributed by atoms with E-state index >= 15 is 0 Å². The van der Waals surface area contributed by atoms with E-state index in [9.17, 15) is 9.59 Å². The number of methoxy groups -OCH3 is 1. The maximum Gasteiger partial charge on any atom is 0.263 e. The van der Waals surface area contributed by atoms with Gasteiger partial charge in [0, 0.05) is 6.07 Å². The fourth-order valence-electron chi connectivity index (χ4n) is 4.08. The van der Waals surface area contributed by atoms with Crippen molar-refractivity contribution in [3.8, 4) is 5.75 Å². The summed E-state index contributed by atoms with van der Waals surface area (Å²) < 4.78 is 5.25. The predicted molar refractivity (Wildman–Crippen MR) is 98.9 cm³/mol. The van der Waals surface area contributed by atoms with Gasteiger partial charge in [0.25, 0.3) is 11.8 Å². The van der Waals surface area contributed by atoms with Gasteiger partial charge in [0.15, 0.2) is 12.1 Å². The molecule has 0 aromatic heterocycles. The maximum absolute atomic E-state index is 13.1. The Morgan fingerprint density at radius 1 is 1.00 bits per heavy atom. The summed E-state index contributed by atoms with van der Waals surface area (Å²) in [5.74, 6) is 0.0336. The molecule has 0 radical (unpaired) electrons. The summed E-state index contributed by atoms with van der Waals surface area (Å²) in [5, 5.41) is 9.69. The van der Waals surface area contributed by atoms with Crippen LogP contribution in [-0.4, -0.2) is 31.0 Å². The number of amides is 2. The maximum atomic E-state index is 13.1. The molecule has 136 valence electrons. The number of benzene rings is 2. The fourth-order valence-corrected chi connectivity index (χ4v) is 4.08. The molecule has 2 aromatic rings. The minimum absolute atomic E-state index is 0.296. The number of rotatable bonds is 3. The molecular formula is C20H18N4O3. The van der Waals surface area contributed by atoms with E-state index < -0.39 is 12.1 Å². The average Bonchev–Trinajstić information content (AvgIpc) is 3.39. The van der Waals surface area contributed by atoms with Gasteiger partial charge in [-0.3, -0.25) is 9.59 Å². The zero-order valence-electron chi connectivity index (χ0n) is 14.8. The first kappa shape index (κ1) is 16.0. The van der Waals surface area contributed by atoms with Crippen LogP contribution in [0.25, 0.3) is 0 Å². The number of hydrogen-bond donors (Lipinski definition) is 0. The third-order valence-electron chi connectivity index (χ3n) is 5.44. The van der Waals surface area contributed by atoms with Crippen molar-refractivity contribution in [1.29, 1.82) is 0 Å². The van der Waals surface area contributed by atoms with Crippen molar-refractivity contribution >= 4 is 23.2 Å². The minimum atomic E-state index is -0.808. The number of imide groups is 1. The van der Waals surface area contributed by atoms with Crippen molar-refractivity contribution in [2.24, 2.45) is 10.3 Å². The van der Waals surface area contributed by atoms with E-state index in [1.807, 2.05) is 36.4 Å². The molecule has 7 heteroatoms. The number of aryl methyl sites for hydroxylation is 2. The highest BCUT2D eigenvalue weighted by Crippen LogP contribution is 2.37. The molecule has 7 nitrogen and oxygen atoms in total. The van der Waals surface area contributed by atoms with Gasteiger partial charge in [-0.1, -0.05) is 17.4 Å². The Balaban J connectivity index is 1.49. The number of nitrogens with zero attached hydrogens (tertiary/aromatic N) is 4. The normalized spacial score (nSPS) is 23.1. The quantitative estimate of drug-likeness (QED) is 0.787. The largest absolute Gasteiger partial charge is 0.497 e. The Bertz CT molecular complexity index is 987. The molecule has 1 aliphatic carbocycles. The van der Waals surface area contributed by atoms with Crippen LogP contribution in [0.1, 0.15) is 17.5 Å². The summed E-state index contributed by atoms with van der Waals surface area (Å²) in [6.07, 6.45) is 3.16. The van der Waals surface area contributed by atoms with Crippen LogP contribution in [-0.2, 0) is 22.4 Å². The molecule has 0 bridgehead atoms. The molecule has 0 unspecified atom stereocenters. The van der Waals surface area contributed by atoms with Crippen molar-refractivity contribution in [2.75, 3.05) is 17.0 Å². The zero-order valence-corrected chi connectivity index (χ0v) is 14.8. The standard InChI is InChI=1S/C20H18N4O3/c1-27-16-7-3-6-15(11-16)24-18-17(21-22-24)19(25)23(20(18)26)14-9-8-12-4-2-5-13(12)10-14/h3,6-11,17-18H,2,4-5H2,1H3/t17-,18+/m1/s1. The molecule has 0 spiro atoms. The SMILES string of the molecule is COc1cccc(N2N=N[C@H]3C(=O)N(c4ccc5c(c4)CCC5)C(=O)[C@H]32)c1. The van der Waals surface area contributed by atoms with E-state index in [1.54, 1.807) is 13.2 Å². The Morgan fingerprint density at radius 2 is 1.85 bits per heavy atom. The number of carbonyl (C=O) groups excluding carboxylic acids is 2. The smallest absolute Gasteiger partial charge is 0.263 e. The van der Waals surface area contributed by atoms with Gasteiger partial charge in [-0.05, 0) is 54.7 Å². The molecule has 2 atom stereocenters. The molecule has 2 aliphatic heterocycles. The Morgan fingerprint density at radius 3 is 2.70 bits per heavy atom. The lowest BCUT2D eigenvalue weighted by atomic mass is 10.1. The van der Waals surface area contributed by atoms with Gasteiger partial charge in [-0.2, -0.15) is 5.11 Å². The van der Waals surface area contributed by atoms with Gasteiger partial charge in [0.1, 0.15) is 5.75 Å². The third kappa shape index (κ3) is 2.34. The highest BCUT2D eigenvalue weighted by Gasteiger charge is 2.55. The van der Waals surface area contributed by atoms with Crippen molar-refractivity contribution < 1.29 is 14.3 Å². The highest BCUT2D eigenvalue weighted by molar-refractivity contribution is 6.26. The first-order valence-corrected chi connectivity index (χ1v) is 9.01. The Kier molecular flexibility index (Phi) is 3.50. The van der Waals surface area contributed by atoms with Crippen molar-refractivity contribution in [1.82, 2.24) is 0 Å². The highest BCUT2D eigenvalue weighted by atomic mass is 16.5. The predicted octanol–water partition coefficient (Wildman–Crippen LogP) is 2.68. The summed E-state index contributed by atoms with van der Waals surface area (Å²) >= 11 is 0. The van der Waals surface area contributed by atoms with Gasteiger partial charge < -0.3 is 4.74 Å². The van der Waals surface area contributed by atoms with Crippen molar-refractivity contribution in [3.63, 3.8) is 0 Å². The van der Waals surface area contributed by atoms with E-state index in [0.29, 0.717) is 17.1 Å². The van der Waals surface area contributed by atoms with E-state index in [2.05, 4.69) is 10.3 Å². The summed E-state index contributed by atoms with van der Waals surface area (Å²) in [4.78, 5) is 27.3. The Labute approximate surface area is 156 Å². The summed E-state index contributed by atoms with van der Waals surface area (Å²) in [6, 6.07) is 11.5. The number of fused-ring (bicyclic) bond motifs is 2. The van der Waals surface area contributed by atoms with Crippen LogP contribution in [0.3, 0.4) is 0 Å². The van der Waals surface area contributed by atoms with Crippen LogP contribution in [0.15, 0.2) is 52.8 Å². The van der Waals surface area contributed by atoms with Crippen LogP contribution in [0.4, 0.5) is 11.4 Å². The van der Waals surface area contributed by atoms with Gasteiger partial charge in [0.2, 0.25) is 0 Å².